The summed E-state index contributed by atoms with van der Waals surface area (Å²) in [6.07, 6.45) is 7.45. The van der Waals surface area contributed by atoms with E-state index < -0.39 is 30.3 Å². The van der Waals surface area contributed by atoms with E-state index in [9.17, 15) is 24.3 Å². The molecular formula is C27H37N3O6S. The molecule has 0 radical (unpaired) electrons. The van der Waals surface area contributed by atoms with Gasteiger partial charge in [-0.05, 0) is 36.5 Å². The Morgan fingerprint density at radius 1 is 1.22 bits per heavy atom. The number of aliphatic hydroxyl groups is 1. The van der Waals surface area contributed by atoms with Gasteiger partial charge in [0.1, 0.15) is 12.1 Å². The normalized spacial score (nSPS) is 23.1. The van der Waals surface area contributed by atoms with Crippen molar-refractivity contribution in [3.8, 4) is 0 Å². The minimum atomic E-state index is -1.35. The van der Waals surface area contributed by atoms with Crippen molar-refractivity contribution in [3.05, 3.63) is 34.9 Å². The Kier molecular flexibility index (Phi) is 9.48. The highest BCUT2D eigenvalue weighted by Gasteiger charge is 2.33. The van der Waals surface area contributed by atoms with Crippen LogP contribution in [0.25, 0.3) is 0 Å². The van der Waals surface area contributed by atoms with Crippen molar-refractivity contribution in [2.24, 2.45) is 5.92 Å². The summed E-state index contributed by atoms with van der Waals surface area (Å²) >= 11 is 1.64. The van der Waals surface area contributed by atoms with Crippen LogP contribution < -0.4 is 10.6 Å². The number of cyclic esters (lactones) is 1. The molecule has 202 valence electrons. The van der Waals surface area contributed by atoms with Gasteiger partial charge in [0.05, 0.1) is 5.56 Å². The molecule has 0 bridgehead atoms. The molecule has 2 aliphatic heterocycles. The number of amides is 3. The molecule has 10 heteroatoms. The number of aliphatic hydroxyl groups excluding tert-OH is 1. The number of hydrogen-bond acceptors (Lipinski definition) is 7. The van der Waals surface area contributed by atoms with E-state index in [2.05, 4.69) is 10.6 Å². The second-order valence-electron chi connectivity index (χ2n) is 10.2. The zero-order valence-corrected chi connectivity index (χ0v) is 22.2. The summed E-state index contributed by atoms with van der Waals surface area (Å²) in [5.74, 6) is 0.606. The molecule has 0 spiro atoms. The highest BCUT2D eigenvalue weighted by atomic mass is 32.2. The fourth-order valence-electron chi connectivity index (χ4n) is 5.47. The Hall–Kier alpha value is -2.59. The lowest BCUT2D eigenvalue weighted by Gasteiger charge is -2.27. The number of carbonyl (C=O) groups excluding carboxylic acids is 4. The average Bonchev–Trinajstić information content (AvgIpc) is 3.04. The van der Waals surface area contributed by atoms with Crippen LogP contribution in [0.4, 0.5) is 0 Å². The molecular weight excluding hydrogens is 494 g/mol. The van der Waals surface area contributed by atoms with E-state index in [-0.39, 0.29) is 23.8 Å². The Morgan fingerprint density at radius 3 is 2.76 bits per heavy atom. The van der Waals surface area contributed by atoms with Crippen LogP contribution in [0.2, 0.25) is 0 Å². The smallest absolute Gasteiger partial charge is 0.341 e. The predicted molar refractivity (Wildman–Crippen MR) is 140 cm³/mol. The van der Waals surface area contributed by atoms with Gasteiger partial charge in [0.2, 0.25) is 24.0 Å². The monoisotopic (exact) mass is 531 g/mol. The zero-order valence-electron chi connectivity index (χ0n) is 21.4. The topological polar surface area (TPSA) is 125 Å². The molecule has 3 N–H and O–H groups in total. The first-order chi connectivity index (χ1) is 17.8. The third kappa shape index (κ3) is 7.25. The number of ether oxygens (including phenoxy) is 1. The highest BCUT2D eigenvalue weighted by molar-refractivity contribution is 7.99. The highest BCUT2D eigenvalue weighted by Crippen LogP contribution is 2.30. The first-order valence-corrected chi connectivity index (χ1v) is 14.4. The predicted octanol–water partition coefficient (Wildman–Crippen LogP) is 2.32. The third-order valence-electron chi connectivity index (χ3n) is 7.44. The zero-order chi connectivity index (χ0) is 26.4. The summed E-state index contributed by atoms with van der Waals surface area (Å²) in [4.78, 5) is 52.1. The number of carbonyl (C=O) groups is 4. The van der Waals surface area contributed by atoms with Crippen molar-refractivity contribution >= 4 is 35.5 Å². The molecule has 1 aromatic rings. The number of rotatable bonds is 9. The van der Waals surface area contributed by atoms with E-state index in [1.54, 1.807) is 30.0 Å². The minimum absolute atomic E-state index is 0.0696. The van der Waals surface area contributed by atoms with Crippen LogP contribution in [0.1, 0.15) is 79.6 Å². The van der Waals surface area contributed by atoms with Gasteiger partial charge in [-0.15, -0.1) is 0 Å². The number of esters is 1. The first kappa shape index (κ1) is 27.4. The van der Waals surface area contributed by atoms with Crippen LogP contribution in [-0.2, 0) is 25.5 Å². The number of fused-ring (bicyclic) bond motifs is 1. The maximum Gasteiger partial charge on any atom is 0.341 e. The van der Waals surface area contributed by atoms with Crippen LogP contribution in [-0.4, -0.2) is 70.4 Å². The molecule has 1 unspecified atom stereocenters. The van der Waals surface area contributed by atoms with Crippen molar-refractivity contribution in [2.75, 3.05) is 24.6 Å². The molecule has 37 heavy (non-hydrogen) atoms. The number of thioether (sulfide) groups is 1. The van der Waals surface area contributed by atoms with Gasteiger partial charge in [-0.25, -0.2) is 4.79 Å². The summed E-state index contributed by atoms with van der Waals surface area (Å²) in [5.41, 5.74) is 1.26. The van der Waals surface area contributed by atoms with Crippen LogP contribution in [0.5, 0.6) is 0 Å². The molecule has 9 nitrogen and oxygen atoms in total. The van der Waals surface area contributed by atoms with Crippen molar-refractivity contribution in [3.63, 3.8) is 0 Å². The van der Waals surface area contributed by atoms with Gasteiger partial charge in [0, 0.05) is 43.5 Å². The molecule has 1 saturated heterocycles. The van der Waals surface area contributed by atoms with Gasteiger partial charge in [0.25, 0.3) is 0 Å². The lowest BCUT2D eigenvalue weighted by Crippen LogP contribution is -2.55. The van der Waals surface area contributed by atoms with Crippen molar-refractivity contribution in [1.29, 1.82) is 0 Å². The maximum absolute atomic E-state index is 13.3. The van der Waals surface area contributed by atoms with E-state index in [1.165, 1.54) is 39.0 Å². The van der Waals surface area contributed by atoms with E-state index in [0.29, 0.717) is 30.0 Å². The summed E-state index contributed by atoms with van der Waals surface area (Å²) in [5, 5.41) is 15.5. The largest absolute Gasteiger partial charge is 0.428 e. The van der Waals surface area contributed by atoms with E-state index in [1.807, 2.05) is 4.90 Å². The molecule has 0 aromatic heterocycles. The molecule has 1 saturated carbocycles. The standard InChI is InChI=1S/C27H37N3O6S/c1-17(31)28-22(15-19-9-10-20-21(14-19)27(35)36-26(20)34)24(32)29-23-16-37-13-12-30(25(23)33)11-5-8-18-6-3-2-4-7-18/h9-10,14,18,22-23,27,35H,2-8,11-13,15-16H2,1H3,(H,28,31)(H,29,32)/t22-,23-,27?/m0/s1. The van der Waals surface area contributed by atoms with Gasteiger partial charge >= 0.3 is 5.97 Å². The van der Waals surface area contributed by atoms with E-state index >= 15 is 0 Å². The van der Waals surface area contributed by atoms with Crippen LogP contribution >= 0.6 is 11.8 Å². The van der Waals surface area contributed by atoms with Crippen molar-refractivity contribution in [2.45, 2.75) is 76.7 Å². The molecule has 2 fully saturated rings. The molecule has 1 aliphatic carbocycles. The Morgan fingerprint density at radius 2 is 2.00 bits per heavy atom. The first-order valence-electron chi connectivity index (χ1n) is 13.3. The van der Waals surface area contributed by atoms with Gasteiger partial charge in [-0.2, -0.15) is 11.8 Å². The Balaban J connectivity index is 1.37. The van der Waals surface area contributed by atoms with Crippen LogP contribution in [0, 0.1) is 5.92 Å². The van der Waals surface area contributed by atoms with Crippen molar-refractivity contribution < 1.29 is 29.0 Å². The molecule has 2 heterocycles. The van der Waals surface area contributed by atoms with Crippen LogP contribution in [0.3, 0.4) is 0 Å². The molecule has 3 aliphatic rings. The third-order valence-corrected chi connectivity index (χ3v) is 8.48. The second kappa shape index (κ2) is 12.8. The van der Waals surface area contributed by atoms with E-state index in [0.717, 1.165) is 24.5 Å². The number of benzene rings is 1. The molecule has 1 aromatic carbocycles. The summed E-state index contributed by atoms with van der Waals surface area (Å²) in [6.45, 7) is 2.71. The Labute approximate surface area is 222 Å². The van der Waals surface area contributed by atoms with Gasteiger partial charge in [0.15, 0.2) is 0 Å². The lowest BCUT2D eigenvalue weighted by atomic mass is 9.86. The summed E-state index contributed by atoms with van der Waals surface area (Å²) < 4.78 is 4.82. The number of nitrogens with one attached hydrogen (secondary N) is 2. The number of hydrogen-bond donors (Lipinski definition) is 3. The Bertz CT molecular complexity index is 1010. The lowest BCUT2D eigenvalue weighted by molar-refractivity contribution is -0.136. The average molecular weight is 532 g/mol. The summed E-state index contributed by atoms with van der Waals surface area (Å²) in [6, 6.07) is 3.25. The van der Waals surface area contributed by atoms with Crippen LogP contribution in [0.15, 0.2) is 18.2 Å². The second-order valence-corrected chi connectivity index (χ2v) is 11.4. The fraction of sp³-hybridized carbons (Fsp3) is 0.630. The van der Waals surface area contributed by atoms with Gasteiger partial charge in [-0.1, -0.05) is 38.2 Å². The molecule has 4 rings (SSSR count). The quantitative estimate of drug-likeness (QED) is 0.418. The van der Waals surface area contributed by atoms with Gasteiger partial charge in [-0.3, -0.25) is 14.4 Å². The number of nitrogens with zero attached hydrogens (tertiary/aromatic N) is 1. The molecule has 3 atom stereocenters. The minimum Gasteiger partial charge on any atom is -0.428 e. The SMILES string of the molecule is CC(=O)N[C@@H](Cc1ccc2c(c1)C(O)OC2=O)C(=O)N[C@H]1CSCCN(CCCC2CCCCC2)C1=O. The van der Waals surface area contributed by atoms with Gasteiger partial charge < -0.3 is 25.4 Å². The summed E-state index contributed by atoms with van der Waals surface area (Å²) in [7, 11) is 0. The fourth-order valence-corrected chi connectivity index (χ4v) is 6.45. The van der Waals surface area contributed by atoms with Crippen molar-refractivity contribution in [1.82, 2.24) is 15.5 Å². The molecule has 3 amide bonds. The van der Waals surface area contributed by atoms with E-state index in [4.69, 9.17) is 4.74 Å². The maximum atomic E-state index is 13.3.